The van der Waals surface area contributed by atoms with Crippen LogP contribution in [0.2, 0.25) is 0 Å². The number of sulfonamides is 1. The van der Waals surface area contributed by atoms with Crippen molar-refractivity contribution >= 4 is 117 Å². The molecule has 0 atom stereocenters. The average molecular weight is 1980 g/mol. The van der Waals surface area contributed by atoms with Crippen LogP contribution in [0.3, 0.4) is 0 Å². The fourth-order valence-corrected chi connectivity index (χ4v) is 17.3. The lowest BCUT2D eigenvalue weighted by atomic mass is 10.1. The summed E-state index contributed by atoms with van der Waals surface area (Å²) in [6.07, 6.45) is 2.21. The van der Waals surface area contributed by atoms with E-state index < -0.39 is 61.7 Å². The molecular weight excluding hydrogens is 1870 g/mol. The minimum absolute atomic E-state index is 0.00431. The summed E-state index contributed by atoms with van der Waals surface area (Å²) in [5.74, 6) is 3.03. The minimum atomic E-state index is -3.36. The Hall–Kier alpha value is -17.0. The number of nitriles is 5. The van der Waals surface area contributed by atoms with Crippen molar-refractivity contribution in [3.05, 3.63) is 240 Å². The molecule has 0 bridgehead atoms. The van der Waals surface area contributed by atoms with Gasteiger partial charge in [0.15, 0.2) is 0 Å². The van der Waals surface area contributed by atoms with Gasteiger partial charge >= 0.3 is 18.3 Å². The first-order chi connectivity index (χ1) is 69.9. The van der Waals surface area contributed by atoms with E-state index in [2.05, 4.69) is 65.6 Å². The number of carbonyl (C=O) groups excluding carboxylic acids is 4. The van der Waals surface area contributed by atoms with Gasteiger partial charge in [-0.25, -0.2) is 44.8 Å². The van der Waals surface area contributed by atoms with Gasteiger partial charge in [-0.05, 0) is 210 Å². The highest BCUT2D eigenvalue weighted by molar-refractivity contribution is 7.92. The summed E-state index contributed by atoms with van der Waals surface area (Å²) in [5, 5.41) is 64.0. The van der Waals surface area contributed by atoms with Gasteiger partial charge in [0.05, 0.1) is 110 Å². The van der Waals surface area contributed by atoms with Gasteiger partial charge in [0.25, 0.3) is 0 Å². The Labute approximate surface area is 830 Å². The Morgan fingerprint density at radius 1 is 0.333 bits per heavy atom. The molecule has 744 valence electrons. The molecule has 1 aliphatic carbocycles. The van der Waals surface area contributed by atoms with Gasteiger partial charge in [-0.2, -0.15) is 26.3 Å². The number of nitrogens with zero attached hydrogens (tertiary/aromatic N) is 10. The number of benzene rings is 10. The molecule has 5 N–H and O–H groups in total. The molecule has 1 fully saturated rings. The highest BCUT2D eigenvalue weighted by Crippen LogP contribution is 2.43. The molecule has 5 aromatic heterocycles. The molecule has 10 aromatic carbocycles. The number of alkyl halides is 5. The predicted octanol–water partition coefficient (Wildman–Crippen LogP) is 24.2. The highest BCUT2D eigenvalue weighted by Gasteiger charge is 2.31. The number of amides is 4. The molecule has 1 aliphatic rings. The van der Waals surface area contributed by atoms with Gasteiger partial charge in [-0.3, -0.25) is 25.5 Å². The summed E-state index contributed by atoms with van der Waals surface area (Å²) >= 11 is 0. The van der Waals surface area contributed by atoms with Crippen molar-refractivity contribution in [2.45, 2.75) is 100 Å². The van der Waals surface area contributed by atoms with Gasteiger partial charge in [0.2, 0.25) is 15.9 Å². The standard InChI is InChI=1S/C23H24FN3O3.C23H22FN3O2.C22H22FN3O3.C21H20FN3O3.C20H20FN3O3S/c1-3-12-30-23(28)26-17-7-5-16(6-8-17)22-20(15-25)19-10-9-18(29-13-11-24)14-21(19)27(22)4-2;1-2-27-21-13-18(29-12-11-24)9-10-19(21)20(14-25)22(27)15-5-7-17(8-6-15)26-23(28)16-3-4-16;1-3-26-20-13-17(29-12-11-23)9-10-18(20)19(14-24)21(26)15-5-7-16(8-6-15)25-22(27)28-4-2;1-3-25-19-12-16(28-11-10-22)8-9-17(19)18(13-23)20(25)14-4-6-15(7-5-14)24-21(26)27-2;1-3-24-19-12-16(27-11-10-21)8-9-17(19)18(13-22)20(24)14-4-6-15(7-5-14)23-28(2,25)26/h5-10,14H,3-4,11-13H2,1-2H3,(H,26,28);5-10,13,16H,2-4,11-12H2,1H3,(H,26,28);5-10,13H,3-4,11-12H2,1-2H3,(H,25,27);4-9,12H,3,10-11H2,1-2H3,(H,24,26);4-9,12,23H,3,10-11H2,1-2H3. The molecule has 1 saturated carbocycles. The Bertz CT molecular complexity index is 7430. The largest absolute Gasteiger partial charge is 0.491 e. The van der Waals surface area contributed by atoms with Crippen molar-refractivity contribution in [1.29, 1.82) is 26.3 Å². The van der Waals surface area contributed by atoms with E-state index in [0.717, 1.165) is 142 Å². The van der Waals surface area contributed by atoms with Crippen molar-refractivity contribution in [3.63, 3.8) is 0 Å². The van der Waals surface area contributed by atoms with Crippen molar-refractivity contribution in [2.24, 2.45) is 5.92 Å². The molecule has 144 heavy (non-hydrogen) atoms. The van der Waals surface area contributed by atoms with Crippen LogP contribution in [0.1, 0.15) is 95.5 Å². The Balaban J connectivity index is 0.000000160. The van der Waals surface area contributed by atoms with Crippen LogP contribution in [-0.2, 0) is 61.8 Å². The zero-order valence-corrected chi connectivity index (χ0v) is 81.7. The lowest BCUT2D eigenvalue weighted by molar-refractivity contribution is -0.117. The summed E-state index contributed by atoms with van der Waals surface area (Å²) < 4.78 is 139. The van der Waals surface area contributed by atoms with E-state index in [9.17, 15) is 75.9 Å². The molecule has 29 nitrogen and oxygen atoms in total. The van der Waals surface area contributed by atoms with E-state index in [0.29, 0.717) is 125 Å². The van der Waals surface area contributed by atoms with Crippen LogP contribution >= 0.6 is 0 Å². The minimum Gasteiger partial charge on any atom is -0.491 e. The second-order valence-electron chi connectivity index (χ2n) is 32.2. The van der Waals surface area contributed by atoms with Crippen LogP contribution < -0.4 is 49.7 Å². The summed E-state index contributed by atoms with van der Waals surface area (Å²) in [7, 11) is -2.06. The maximum atomic E-state index is 12.4. The number of methoxy groups -OCH3 is 1. The third-order valence-electron chi connectivity index (χ3n) is 23.0. The van der Waals surface area contributed by atoms with E-state index in [1.54, 1.807) is 110 Å². The number of aromatic nitrogens is 5. The zero-order valence-electron chi connectivity index (χ0n) is 80.9. The number of hydrogen-bond donors (Lipinski definition) is 5. The molecule has 0 radical (unpaired) electrons. The fraction of sp³-hybridized carbons (Fsp3) is 0.275. The van der Waals surface area contributed by atoms with Crippen LogP contribution in [0.25, 0.3) is 111 Å². The first-order valence-electron chi connectivity index (χ1n) is 46.7. The first-order valence-corrected chi connectivity index (χ1v) is 48.6. The van der Waals surface area contributed by atoms with Gasteiger partial charge in [0.1, 0.15) is 126 Å². The number of anilines is 5. The summed E-state index contributed by atoms with van der Waals surface area (Å²) in [5.41, 5.74) is 18.2. The first kappa shape index (κ1) is 106. The summed E-state index contributed by atoms with van der Waals surface area (Å²) in [6, 6.07) is 74.6. The molecule has 0 unspecified atom stereocenters. The predicted molar refractivity (Wildman–Crippen MR) is 548 cm³/mol. The summed E-state index contributed by atoms with van der Waals surface area (Å²) in [6.45, 7) is 14.7. The van der Waals surface area contributed by atoms with E-state index in [1.165, 1.54) is 7.11 Å². The molecule has 16 rings (SSSR count). The topological polar surface area (TPSA) is 380 Å². The number of fused-ring (bicyclic) bond motifs is 5. The second-order valence-corrected chi connectivity index (χ2v) is 34.0. The molecule has 0 saturated heterocycles. The van der Waals surface area contributed by atoms with Gasteiger partial charge in [-0.15, -0.1) is 0 Å². The highest BCUT2D eigenvalue weighted by atomic mass is 32.2. The maximum Gasteiger partial charge on any atom is 0.411 e. The quantitative estimate of drug-likeness (QED) is 0.0182. The number of nitrogens with one attached hydrogen (secondary N) is 5. The monoisotopic (exact) mass is 1980 g/mol. The molecule has 0 spiro atoms. The molecule has 4 amide bonds. The van der Waals surface area contributed by atoms with Gasteiger partial charge < -0.3 is 66.0 Å². The van der Waals surface area contributed by atoms with Gasteiger partial charge in [0, 0.05) is 124 Å². The number of hydrogen-bond acceptors (Lipinski definition) is 19. The Morgan fingerprint density at radius 3 is 0.778 bits per heavy atom. The lowest BCUT2D eigenvalue weighted by Gasteiger charge is -2.11. The smallest absolute Gasteiger partial charge is 0.411 e. The molecule has 0 aliphatic heterocycles. The van der Waals surface area contributed by atoms with Crippen molar-refractivity contribution in [3.8, 4) is 115 Å². The zero-order chi connectivity index (χ0) is 103. The van der Waals surface area contributed by atoms with Crippen molar-refractivity contribution < 1.29 is 87.4 Å². The Kier molecular flexibility index (Phi) is 37.3. The van der Waals surface area contributed by atoms with Crippen molar-refractivity contribution in [2.75, 3.05) is 119 Å². The van der Waals surface area contributed by atoms with Crippen LogP contribution in [-0.4, -0.2) is 148 Å². The van der Waals surface area contributed by atoms with Crippen LogP contribution in [0.5, 0.6) is 28.7 Å². The molecule has 5 heterocycles. The summed E-state index contributed by atoms with van der Waals surface area (Å²) in [4.78, 5) is 46.6. The van der Waals surface area contributed by atoms with E-state index >= 15 is 0 Å². The molecule has 35 heteroatoms. The number of halogens is 5. The number of aryl methyl sites for hydroxylation is 5. The van der Waals surface area contributed by atoms with E-state index in [4.69, 9.17) is 33.2 Å². The third kappa shape index (κ3) is 25.4. The SMILES string of the molecule is CCCOC(=O)Nc1ccc(-c2c(C#N)c3ccc(OCCF)cc3n2CC)cc1.CCOC(=O)Nc1ccc(-c2c(C#N)c3ccc(OCCF)cc3n2CC)cc1.CCn1c(-c2ccc(NC(=O)C3CC3)cc2)c(C#N)c2ccc(OCCF)cc21.CCn1c(-c2ccc(NC(=O)OC)cc2)c(C#N)c2ccc(OCCF)cc21.CCn1c(-c2ccc(NS(C)(=O)=O)cc2)c(C#N)c2ccc(OCCF)cc21. The normalized spacial score (nSPS) is 11.3. The second kappa shape index (κ2) is 50.8. The number of carbonyl (C=O) groups is 4. The van der Waals surface area contributed by atoms with Crippen LogP contribution in [0.15, 0.2) is 212 Å². The maximum absolute atomic E-state index is 12.4. The molecular formula is C109H108F5N15O14S. The van der Waals surface area contributed by atoms with Crippen molar-refractivity contribution in [1.82, 2.24) is 22.8 Å². The van der Waals surface area contributed by atoms with E-state index in [-0.39, 0.29) is 44.9 Å². The third-order valence-corrected chi connectivity index (χ3v) is 23.6. The van der Waals surface area contributed by atoms with Crippen LogP contribution in [0.4, 0.5) is 64.8 Å². The number of ether oxygens (including phenoxy) is 8. The lowest BCUT2D eigenvalue weighted by Crippen LogP contribution is -2.13. The molecule has 15 aromatic rings. The average Bonchev–Trinajstić information content (AvgIpc) is 1.63. The van der Waals surface area contributed by atoms with E-state index in [1.807, 2.05) is 169 Å². The van der Waals surface area contributed by atoms with Crippen LogP contribution in [0, 0.1) is 62.6 Å². The number of rotatable bonds is 35. The van der Waals surface area contributed by atoms with Gasteiger partial charge in [-0.1, -0.05) is 67.6 Å². The fourth-order valence-electron chi connectivity index (χ4n) is 16.7. The Morgan fingerprint density at radius 2 is 0.569 bits per heavy atom.